The second-order valence-corrected chi connectivity index (χ2v) is 8.30. The maximum atomic E-state index is 13.3. The largest absolute Gasteiger partial charge is 0.493 e. The summed E-state index contributed by atoms with van der Waals surface area (Å²) in [7, 11) is 3.10. The Hall–Kier alpha value is -2.26. The number of unbranched alkanes of at least 4 members (excludes halogenated alkanes) is 4. The van der Waals surface area contributed by atoms with Crippen molar-refractivity contribution in [2.24, 2.45) is 0 Å². The SMILES string of the molecule is C=CCCCCOC[C@@H]1N(COC)C(=O)[C@@]1(Cc1cc(OCCCCC=C)ccn1)OCOC. The second-order valence-electron chi connectivity index (χ2n) is 8.30. The minimum Gasteiger partial charge on any atom is -0.493 e. The number of pyridine rings is 1. The Morgan fingerprint density at radius 3 is 2.50 bits per heavy atom. The Balaban J connectivity index is 2.09. The van der Waals surface area contributed by atoms with Gasteiger partial charge in [0.1, 0.15) is 19.3 Å². The van der Waals surface area contributed by atoms with Crippen LogP contribution in [0.2, 0.25) is 0 Å². The van der Waals surface area contributed by atoms with E-state index in [0.717, 1.165) is 44.3 Å². The number of allylic oxidation sites excluding steroid dienone is 2. The van der Waals surface area contributed by atoms with Crippen LogP contribution in [0.3, 0.4) is 0 Å². The van der Waals surface area contributed by atoms with Gasteiger partial charge < -0.3 is 28.6 Å². The number of likely N-dealkylation sites (tertiary alicyclic amines) is 1. The van der Waals surface area contributed by atoms with E-state index in [1.807, 2.05) is 24.3 Å². The summed E-state index contributed by atoms with van der Waals surface area (Å²) < 4.78 is 28.3. The Bertz CT molecular complexity index is 759. The smallest absolute Gasteiger partial charge is 0.259 e. The molecule has 0 unspecified atom stereocenters. The molecule has 2 rings (SSSR count). The standard InChI is InChI=1S/C26H40N2O6/c1-5-7-9-11-15-32-19-24-26(34-21-31-4,25(29)28(24)20-30-3)18-22-17-23(13-14-27-22)33-16-12-10-8-6-2/h5-6,13-14,17,24H,1-2,7-12,15-16,18-21H2,3-4H3/t24-,26-/m0/s1. The number of hydrogen-bond donors (Lipinski definition) is 0. The molecule has 190 valence electrons. The van der Waals surface area contributed by atoms with Crippen LogP contribution in [0, 0.1) is 0 Å². The molecule has 8 heteroatoms. The maximum absolute atomic E-state index is 13.3. The van der Waals surface area contributed by atoms with Crippen LogP contribution in [-0.2, 0) is 30.2 Å². The minimum atomic E-state index is -1.13. The summed E-state index contributed by atoms with van der Waals surface area (Å²) in [6, 6.07) is 3.37. The number of methoxy groups -OCH3 is 2. The first-order chi connectivity index (χ1) is 16.6. The lowest BCUT2D eigenvalue weighted by molar-refractivity contribution is -0.239. The van der Waals surface area contributed by atoms with Crippen molar-refractivity contribution in [3.8, 4) is 5.75 Å². The van der Waals surface area contributed by atoms with Gasteiger partial charge in [0, 0.05) is 45.2 Å². The number of hydrogen-bond acceptors (Lipinski definition) is 7. The lowest BCUT2D eigenvalue weighted by Crippen LogP contribution is -2.77. The summed E-state index contributed by atoms with van der Waals surface area (Å²) in [6.45, 7) is 9.20. The van der Waals surface area contributed by atoms with E-state index in [4.69, 9.17) is 23.7 Å². The molecule has 0 radical (unpaired) electrons. The zero-order valence-electron chi connectivity index (χ0n) is 20.7. The van der Waals surface area contributed by atoms with E-state index in [2.05, 4.69) is 18.1 Å². The Labute approximate surface area is 203 Å². The van der Waals surface area contributed by atoms with Crippen LogP contribution < -0.4 is 4.74 Å². The molecule has 1 amide bonds. The summed E-state index contributed by atoms with van der Waals surface area (Å²) in [5.74, 6) is 0.560. The van der Waals surface area contributed by atoms with Crippen LogP contribution in [0.15, 0.2) is 43.6 Å². The Morgan fingerprint density at radius 2 is 1.82 bits per heavy atom. The fraction of sp³-hybridized carbons (Fsp3) is 0.615. The first-order valence-corrected chi connectivity index (χ1v) is 11.9. The summed E-state index contributed by atoms with van der Waals surface area (Å²) >= 11 is 0. The van der Waals surface area contributed by atoms with Gasteiger partial charge in [-0.05, 0) is 44.6 Å². The van der Waals surface area contributed by atoms with E-state index in [1.54, 1.807) is 18.2 Å². The van der Waals surface area contributed by atoms with E-state index in [1.165, 1.54) is 7.11 Å². The predicted octanol–water partition coefficient (Wildman–Crippen LogP) is 3.91. The van der Waals surface area contributed by atoms with Crippen LogP contribution in [0.5, 0.6) is 5.75 Å². The van der Waals surface area contributed by atoms with E-state index in [0.29, 0.717) is 25.5 Å². The monoisotopic (exact) mass is 476 g/mol. The summed E-state index contributed by atoms with van der Waals surface area (Å²) in [6.07, 6.45) is 11.7. The Kier molecular flexibility index (Phi) is 12.8. The van der Waals surface area contributed by atoms with E-state index in [-0.39, 0.29) is 31.9 Å². The zero-order chi connectivity index (χ0) is 24.7. The van der Waals surface area contributed by atoms with Crippen molar-refractivity contribution < 1.29 is 28.5 Å². The normalized spacial score (nSPS) is 19.6. The Morgan fingerprint density at radius 1 is 1.09 bits per heavy atom. The third-order valence-corrected chi connectivity index (χ3v) is 5.77. The molecular formula is C26H40N2O6. The van der Waals surface area contributed by atoms with Gasteiger partial charge in [0.15, 0.2) is 5.60 Å². The molecule has 0 bridgehead atoms. The fourth-order valence-corrected chi connectivity index (χ4v) is 3.97. The van der Waals surface area contributed by atoms with Crippen LogP contribution in [0.4, 0.5) is 0 Å². The van der Waals surface area contributed by atoms with Crippen molar-refractivity contribution in [2.45, 2.75) is 56.6 Å². The first kappa shape index (κ1) is 28.0. The number of amides is 1. The molecule has 0 saturated carbocycles. The fourth-order valence-electron chi connectivity index (χ4n) is 3.97. The molecule has 0 spiro atoms. The predicted molar refractivity (Wildman–Crippen MR) is 131 cm³/mol. The maximum Gasteiger partial charge on any atom is 0.259 e. The molecule has 0 aliphatic carbocycles. The highest BCUT2D eigenvalue weighted by Gasteiger charge is 2.62. The van der Waals surface area contributed by atoms with Crippen molar-refractivity contribution >= 4 is 5.91 Å². The van der Waals surface area contributed by atoms with Crippen molar-refractivity contribution in [1.29, 1.82) is 0 Å². The van der Waals surface area contributed by atoms with Crippen LogP contribution in [-0.4, -0.2) is 75.0 Å². The van der Waals surface area contributed by atoms with Gasteiger partial charge >= 0.3 is 0 Å². The van der Waals surface area contributed by atoms with Crippen LogP contribution in [0.25, 0.3) is 0 Å². The molecule has 8 nitrogen and oxygen atoms in total. The molecule has 1 aromatic rings. The van der Waals surface area contributed by atoms with Crippen molar-refractivity contribution in [3.05, 3.63) is 49.3 Å². The summed E-state index contributed by atoms with van der Waals surface area (Å²) in [5, 5.41) is 0. The molecule has 1 saturated heterocycles. The number of ether oxygens (including phenoxy) is 5. The average Bonchev–Trinajstić information content (AvgIpc) is 2.85. The number of carbonyl (C=O) groups excluding carboxylic acids is 1. The van der Waals surface area contributed by atoms with Gasteiger partial charge in [-0.2, -0.15) is 0 Å². The van der Waals surface area contributed by atoms with Gasteiger partial charge in [0.25, 0.3) is 5.91 Å². The second kappa shape index (κ2) is 15.6. The van der Waals surface area contributed by atoms with Crippen molar-refractivity contribution in [2.75, 3.05) is 47.6 Å². The molecule has 2 heterocycles. The van der Waals surface area contributed by atoms with Crippen LogP contribution >= 0.6 is 0 Å². The van der Waals surface area contributed by atoms with Crippen LogP contribution in [0.1, 0.15) is 44.2 Å². The molecular weight excluding hydrogens is 436 g/mol. The van der Waals surface area contributed by atoms with Gasteiger partial charge in [0.2, 0.25) is 0 Å². The number of β-lactam (4-membered cyclic amide) rings is 1. The molecule has 1 fully saturated rings. The van der Waals surface area contributed by atoms with E-state index in [9.17, 15) is 4.79 Å². The topological polar surface area (TPSA) is 79.4 Å². The third-order valence-electron chi connectivity index (χ3n) is 5.77. The van der Waals surface area contributed by atoms with Gasteiger partial charge in [0.05, 0.1) is 19.3 Å². The molecule has 0 N–H and O–H groups in total. The molecule has 0 aromatic carbocycles. The summed E-state index contributed by atoms with van der Waals surface area (Å²) in [4.78, 5) is 19.4. The van der Waals surface area contributed by atoms with E-state index < -0.39 is 5.60 Å². The molecule has 2 atom stereocenters. The third kappa shape index (κ3) is 7.91. The molecule has 1 aromatic heterocycles. The van der Waals surface area contributed by atoms with Gasteiger partial charge in [-0.3, -0.25) is 9.78 Å². The number of nitrogens with zero attached hydrogens (tertiary/aromatic N) is 2. The van der Waals surface area contributed by atoms with Crippen molar-refractivity contribution in [3.63, 3.8) is 0 Å². The number of carbonyl (C=O) groups is 1. The molecule has 1 aliphatic heterocycles. The van der Waals surface area contributed by atoms with Gasteiger partial charge in [-0.1, -0.05) is 12.2 Å². The highest BCUT2D eigenvalue weighted by molar-refractivity contribution is 5.93. The highest BCUT2D eigenvalue weighted by atomic mass is 16.7. The lowest BCUT2D eigenvalue weighted by Gasteiger charge is -2.54. The quantitative estimate of drug-likeness (QED) is 0.122. The average molecular weight is 477 g/mol. The lowest BCUT2D eigenvalue weighted by atomic mass is 9.78. The number of rotatable bonds is 20. The molecule has 34 heavy (non-hydrogen) atoms. The van der Waals surface area contributed by atoms with Gasteiger partial charge in [-0.25, -0.2) is 0 Å². The minimum absolute atomic E-state index is 0.0120. The van der Waals surface area contributed by atoms with Crippen molar-refractivity contribution in [1.82, 2.24) is 9.88 Å². The van der Waals surface area contributed by atoms with Gasteiger partial charge in [-0.15, -0.1) is 13.2 Å². The first-order valence-electron chi connectivity index (χ1n) is 11.9. The zero-order valence-corrected chi connectivity index (χ0v) is 20.7. The van der Waals surface area contributed by atoms with E-state index >= 15 is 0 Å². The molecule has 1 aliphatic rings. The number of aromatic nitrogens is 1. The highest BCUT2D eigenvalue weighted by Crippen LogP contribution is 2.38. The summed E-state index contributed by atoms with van der Waals surface area (Å²) in [5.41, 5.74) is -0.424.